The van der Waals surface area contributed by atoms with Crippen LogP contribution in [0.25, 0.3) is 5.57 Å². The molecule has 0 amide bonds. The Hall–Kier alpha value is -1.28. The van der Waals surface area contributed by atoms with Gasteiger partial charge in [-0.1, -0.05) is 31.5 Å². The molecule has 2 aliphatic carbocycles. The van der Waals surface area contributed by atoms with E-state index in [0.29, 0.717) is 5.02 Å². The van der Waals surface area contributed by atoms with Gasteiger partial charge >= 0.3 is 0 Å². The largest absolute Gasteiger partial charge is 0.506 e. The molecule has 0 fully saturated rings. The summed E-state index contributed by atoms with van der Waals surface area (Å²) < 4.78 is 0. The summed E-state index contributed by atoms with van der Waals surface area (Å²) in [4.78, 5) is 12.2. The van der Waals surface area contributed by atoms with Crippen molar-refractivity contribution in [2.45, 2.75) is 33.6 Å². The van der Waals surface area contributed by atoms with Crippen LogP contribution in [0.1, 0.15) is 38.3 Å². The van der Waals surface area contributed by atoms with Crippen molar-refractivity contribution in [3.63, 3.8) is 0 Å². The van der Waals surface area contributed by atoms with Gasteiger partial charge in [0.25, 0.3) is 0 Å². The summed E-state index contributed by atoms with van der Waals surface area (Å²) in [6.45, 7) is 6.11. The smallest absolute Gasteiger partial charge is 0.161 e. The maximum atomic E-state index is 12.2. The molecule has 0 saturated carbocycles. The Labute approximate surface area is 118 Å². The van der Waals surface area contributed by atoms with Crippen molar-refractivity contribution in [2.75, 3.05) is 0 Å². The molecule has 0 bridgehead atoms. The molecule has 0 saturated heterocycles. The van der Waals surface area contributed by atoms with Crippen LogP contribution in [-0.4, -0.2) is 10.9 Å². The first-order chi connectivity index (χ1) is 8.85. The third-order valence-electron chi connectivity index (χ3n) is 4.61. The number of rotatable bonds is 0. The number of benzene rings is 1. The van der Waals surface area contributed by atoms with Crippen molar-refractivity contribution in [3.05, 3.63) is 33.9 Å². The van der Waals surface area contributed by atoms with Crippen LogP contribution in [0.3, 0.4) is 0 Å². The second-order valence-electron chi connectivity index (χ2n) is 6.13. The fourth-order valence-electron chi connectivity index (χ4n) is 3.91. The SMILES string of the molecule is CC1=C2c3ccc(O)c(Cl)c3CC2(C)CC(C)C1=O. The highest BCUT2D eigenvalue weighted by Gasteiger charge is 2.46. The summed E-state index contributed by atoms with van der Waals surface area (Å²) in [5, 5.41) is 10.2. The summed E-state index contributed by atoms with van der Waals surface area (Å²) in [6, 6.07) is 3.51. The fourth-order valence-corrected chi connectivity index (χ4v) is 4.14. The zero-order chi connectivity index (χ0) is 13.9. The maximum absolute atomic E-state index is 12.2. The zero-order valence-electron chi connectivity index (χ0n) is 11.4. The predicted molar refractivity (Wildman–Crippen MR) is 76.3 cm³/mol. The number of phenols is 1. The van der Waals surface area contributed by atoms with E-state index in [-0.39, 0.29) is 22.9 Å². The molecule has 1 N–H and O–H groups in total. The number of Topliss-reactive ketones (excluding diaryl/α,β-unsaturated/α-hetero) is 1. The molecule has 1 aromatic rings. The number of hydrogen-bond donors (Lipinski definition) is 1. The Morgan fingerprint density at radius 2 is 2.11 bits per heavy atom. The first-order valence-corrected chi connectivity index (χ1v) is 6.99. The standard InChI is InChI=1S/C16H17ClO2/c1-8-6-16(3)7-11-10(4-5-12(18)14(11)17)13(16)9(2)15(8)19/h4-5,8,18H,6-7H2,1-3H3. The predicted octanol–water partition coefficient (Wildman–Crippen LogP) is 3.99. The first-order valence-electron chi connectivity index (χ1n) is 6.61. The van der Waals surface area contributed by atoms with Crippen molar-refractivity contribution in [1.82, 2.24) is 0 Å². The van der Waals surface area contributed by atoms with Crippen molar-refractivity contribution in [2.24, 2.45) is 11.3 Å². The summed E-state index contributed by atoms with van der Waals surface area (Å²) in [6.07, 6.45) is 1.66. The third kappa shape index (κ3) is 1.59. The highest BCUT2D eigenvalue weighted by atomic mass is 35.5. The number of allylic oxidation sites excluding steroid dienone is 2. The first kappa shape index (κ1) is 12.7. The van der Waals surface area contributed by atoms with Gasteiger partial charge in [-0.25, -0.2) is 0 Å². The third-order valence-corrected chi connectivity index (χ3v) is 5.03. The lowest BCUT2D eigenvalue weighted by Gasteiger charge is -2.35. The number of halogens is 1. The van der Waals surface area contributed by atoms with E-state index >= 15 is 0 Å². The van der Waals surface area contributed by atoms with Gasteiger partial charge in [-0.2, -0.15) is 0 Å². The van der Waals surface area contributed by atoms with Crippen LogP contribution >= 0.6 is 11.6 Å². The van der Waals surface area contributed by atoms with Gasteiger partial charge in [0.05, 0.1) is 5.02 Å². The number of carbonyl (C=O) groups excluding carboxylic acids is 1. The van der Waals surface area contributed by atoms with Crippen LogP contribution in [-0.2, 0) is 11.2 Å². The minimum Gasteiger partial charge on any atom is -0.506 e. The molecule has 2 nitrogen and oxygen atoms in total. The summed E-state index contributed by atoms with van der Waals surface area (Å²) in [5.41, 5.74) is 4.00. The number of phenolic OH excluding ortho intramolecular Hbond substituents is 1. The molecule has 0 aromatic heterocycles. The van der Waals surface area contributed by atoms with E-state index in [1.807, 2.05) is 19.9 Å². The molecule has 2 aliphatic rings. The Morgan fingerprint density at radius 3 is 2.79 bits per heavy atom. The average molecular weight is 277 g/mol. The van der Waals surface area contributed by atoms with Crippen molar-refractivity contribution in [3.8, 4) is 5.75 Å². The van der Waals surface area contributed by atoms with Gasteiger partial charge < -0.3 is 5.11 Å². The van der Waals surface area contributed by atoms with E-state index in [1.54, 1.807) is 6.07 Å². The van der Waals surface area contributed by atoms with Gasteiger partial charge in [-0.3, -0.25) is 4.79 Å². The minimum atomic E-state index is -0.0306. The topological polar surface area (TPSA) is 37.3 Å². The van der Waals surface area contributed by atoms with E-state index in [0.717, 1.165) is 35.1 Å². The zero-order valence-corrected chi connectivity index (χ0v) is 12.1. The second-order valence-corrected chi connectivity index (χ2v) is 6.51. The van der Waals surface area contributed by atoms with E-state index in [4.69, 9.17) is 11.6 Å². The van der Waals surface area contributed by atoms with Crippen molar-refractivity contribution < 1.29 is 9.90 Å². The molecule has 0 radical (unpaired) electrons. The molecule has 0 heterocycles. The molecule has 1 aromatic carbocycles. The number of carbonyl (C=O) groups is 1. The number of aromatic hydroxyl groups is 1. The normalized spacial score (nSPS) is 29.5. The Morgan fingerprint density at radius 1 is 1.42 bits per heavy atom. The second kappa shape index (κ2) is 3.86. The Kier molecular flexibility index (Phi) is 2.59. The molecule has 2 unspecified atom stereocenters. The van der Waals surface area contributed by atoms with Crippen LogP contribution < -0.4 is 0 Å². The Balaban J connectivity index is 2.29. The lowest BCUT2D eigenvalue weighted by Crippen LogP contribution is -2.30. The lowest BCUT2D eigenvalue weighted by atomic mass is 9.68. The van der Waals surface area contributed by atoms with E-state index < -0.39 is 0 Å². The molecule has 19 heavy (non-hydrogen) atoms. The summed E-state index contributed by atoms with van der Waals surface area (Å²) in [7, 11) is 0. The number of fused-ring (bicyclic) bond motifs is 3. The monoisotopic (exact) mass is 276 g/mol. The van der Waals surface area contributed by atoms with E-state index in [2.05, 4.69) is 6.92 Å². The van der Waals surface area contributed by atoms with Gasteiger partial charge in [0.15, 0.2) is 5.78 Å². The van der Waals surface area contributed by atoms with Crippen molar-refractivity contribution >= 4 is 23.0 Å². The number of hydrogen-bond acceptors (Lipinski definition) is 2. The van der Waals surface area contributed by atoms with Gasteiger partial charge in [0.1, 0.15) is 5.75 Å². The van der Waals surface area contributed by atoms with Crippen LogP contribution in [0.5, 0.6) is 5.75 Å². The van der Waals surface area contributed by atoms with E-state index in [1.165, 1.54) is 0 Å². The summed E-state index contributed by atoms with van der Waals surface area (Å²) >= 11 is 6.23. The highest BCUT2D eigenvalue weighted by molar-refractivity contribution is 6.33. The van der Waals surface area contributed by atoms with Gasteiger partial charge in [0, 0.05) is 5.92 Å². The molecular weight excluding hydrogens is 260 g/mol. The molecular formula is C16H17ClO2. The van der Waals surface area contributed by atoms with Crippen LogP contribution in [0, 0.1) is 11.3 Å². The van der Waals surface area contributed by atoms with Crippen LogP contribution in [0.4, 0.5) is 0 Å². The molecule has 100 valence electrons. The molecule has 0 aliphatic heterocycles. The van der Waals surface area contributed by atoms with E-state index in [9.17, 15) is 9.90 Å². The minimum absolute atomic E-state index is 0.0306. The Bertz CT molecular complexity index is 630. The highest BCUT2D eigenvalue weighted by Crippen LogP contribution is 2.56. The van der Waals surface area contributed by atoms with Gasteiger partial charge in [-0.15, -0.1) is 0 Å². The quantitative estimate of drug-likeness (QED) is 0.778. The fraction of sp³-hybridized carbons (Fsp3) is 0.438. The number of ketones is 1. The van der Waals surface area contributed by atoms with Gasteiger partial charge in [0.2, 0.25) is 0 Å². The molecule has 0 spiro atoms. The summed E-state index contributed by atoms with van der Waals surface area (Å²) in [5.74, 6) is 0.431. The molecule has 3 rings (SSSR count). The lowest BCUT2D eigenvalue weighted by molar-refractivity contribution is -0.119. The maximum Gasteiger partial charge on any atom is 0.161 e. The average Bonchev–Trinajstić information content (AvgIpc) is 2.64. The van der Waals surface area contributed by atoms with Crippen LogP contribution in [0.15, 0.2) is 17.7 Å². The molecule has 3 heteroatoms. The van der Waals surface area contributed by atoms with Gasteiger partial charge in [-0.05, 0) is 53.5 Å². The van der Waals surface area contributed by atoms with Crippen molar-refractivity contribution in [1.29, 1.82) is 0 Å². The van der Waals surface area contributed by atoms with Crippen LogP contribution in [0.2, 0.25) is 5.02 Å². The molecule has 2 atom stereocenters.